The maximum atomic E-state index is 12.2. The predicted molar refractivity (Wildman–Crippen MR) is 83.4 cm³/mol. The van der Waals surface area contributed by atoms with Crippen LogP contribution in [-0.2, 0) is 6.42 Å². The van der Waals surface area contributed by atoms with Gasteiger partial charge in [-0.2, -0.15) is 0 Å². The fourth-order valence-corrected chi connectivity index (χ4v) is 2.51. The highest BCUT2D eigenvalue weighted by molar-refractivity contribution is 14.1. The van der Waals surface area contributed by atoms with Gasteiger partial charge in [0.25, 0.3) is 0 Å². The van der Waals surface area contributed by atoms with E-state index in [0.717, 1.165) is 9.13 Å². The Hall–Kier alpha value is -0.870. The molecule has 92 valence electrons. The number of aryl methyl sites for hydroxylation is 1. The number of rotatable bonds is 3. The monoisotopic (exact) mass is 370 g/mol. The number of hydrogen-bond acceptors (Lipinski definition) is 1. The van der Waals surface area contributed by atoms with Gasteiger partial charge in [0.15, 0.2) is 5.78 Å². The molecule has 2 rings (SSSR count). The highest BCUT2D eigenvalue weighted by Gasteiger charge is 2.11. The highest BCUT2D eigenvalue weighted by Crippen LogP contribution is 2.20. The normalized spacial score (nSPS) is 10.4. The lowest BCUT2D eigenvalue weighted by Crippen LogP contribution is -2.05. The van der Waals surface area contributed by atoms with Gasteiger partial charge in [-0.3, -0.25) is 4.79 Å². The molecule has 0 aliphatic carbocycles. The van der Waals surface area contributed by atoms with Crippen LogP contribution >= 0.6 is 34.2 Å². The van der Waals surface area contributed by atoms with E-state index in [1.165, 1.54) is 5.56 Å². The summed E-state index contributed by atoms with van der Waals surface area (Å²) in [6.45, 7) is 2.03. The first-order chi connectivity index (χ1) is 8.56. The fraction of sp³-hybridized carbons (Fsp3) is 0.133. The van der Waals surface area contributed by atoms with Crippen LogP contribution in [0.5, 0.6) is 0 Å². The van der Waals surface area contributed by atoms with Gasteiger partial charge in [-0.1, -0.05) is 41.4 Å². The molecule has 0 aliphatic rings. The molecule has 0 spiro atoms. The lowest BCUT2D eigenvalue weighted by molar-refractivity contribution is 0.0992. The number of benzene rings is 2. The molecule has 0 atom stereocenters. The third kappa shape index (κ3) is 3.33. The zero-order valence-corrected chi connectivity index (χ0v) is 12.8. The summed E-state index contributed by atoms with van der Waals surface area (Å²) in [6, 6.07) is 13.4. The summed E-state index contributed by atoms with van der Waals surface area (Å²) < 4.78 is 0.939. The number of halogens is 2. The van der Waals surface area contributed by atoms with Crippen molar-refractivity contribution in [2.24, 2.45) is 0 Å². The van der Waals surface area contributed by atoms with Gasteiger partial charge in [0.1, 0.15) is 0 Å². The lowest BCUT2D eigenvalue weighted by Gasteiger charge is -2.05. The average molecular weight is 371 g/mol. The molecule has 3 heteroatoms. The van der Waals surface area contributed by atoms with Gasteiger partial charge in [0.05, 0.1) is 0 Å². The Balaban J connectivity index is 2.21. The third-order valence-corrected chi connectivity index (χ3v) is 3.89. The van der Waals surface area contributed by atoms with Crippen LogP contribution in [0.4, 0.5) is 0 Å². The Morgan fingerprint density at radius 2 is 1.83 bits per heavy atom. The van der Waals surface area contributed by atoms with Crippen LogP contribution in [-0.4, -0.2) is 5.78 Å². The smallest absolute Gasteiger partial charge is 0.168 e. The second-order valence-electron chi connectivity index (χ2n) is 4.21. The molecule has 1 nitrogen and oxygen atoms in total. The maximum absolute atomic E-state index is 12.2. The van der Waals surface area contributed by atoms with E-state index in [-0.39, 0.29) is 5.78 Å². The van der Waals surface area contributed by atoms with Crippen molar-refractivity contribution in [2.75, 3.05) is 0 Å². The molecule has 0 fully saturated rings. The van der Waals surface area contributed by atoms with E-state index < -0.39 is 0 Å². The van der Waals surface area contributed by atoms with Crippen molar-refractivity contribution in [2.45, 2.75) is 13.3 Å². The molecule has 0 unspecified atom stereocenters. The van der Waals surface area contributed by atoms with E-state index in [0.29, 0.717) is 17.0 Å². The Bertz CT molecular complexity index is 576. The zero-order chi connectivity index (χ0) is 13.1. The minimum Gasteiger partial charge on any atom is -0.294 e. The topological polar surface area (TPSA) is 17.1 Å². The van der Waals surface area contributed by atoms with Crippen molar-refractivity contribution in [3.63, 3.8) is 0 Å². The minimum atomic E-state index is 0.103. The van der Waals surface area contributed by atoms with Crippen LogP contribution in [0, 0.1) is 10.5 Å². The molecular formula is C15H12ClIO. The second-order valence-corrected chi connectivity index (χ2v) is 5.81. The Morgan fingerprint density at radius 1 is 1.17 bits per heavy atom. The van der Waals surface area contributed by atoms with Crippen molar-refractivity contribution in [1.82, 2.24) is 0 Å². The average Bonchev–Trinajstić information content (AvgIpc) is 2.35. The number of carbonyl (C=O) groups is 1. The molecule has 0 radical (unpaired) electrons. The van der Waals surface area contributed by atoms with E-state index in [1.807, 2.05) is 37.3 Å². The van der Waals surface area contributed by atoms with E-state index in [9.17, 15) is 4.79 Å². The molecule has 0 aliphatic heterocycles. The summed E-state index contributed by atoms with van der Waals surface area (Å²) in [7, 11) is 0. The Kier molecular flexibility index (Phi) is 4.40. The summed E-state index contributed by atoms with van der Waals surface area (Å²) in [5, 5.41) is 0.600. The van der Waals surface area contributed by atoms with Gasteiger partial charge in [-0.15, -0.1) is 0 Å². The number of Topliss-reactive ketones (excluding diaryl/α,β-unsaturated/α-hetero) is 1. The van der Waals surface area contributed by atoms with Crippen molar-refractivity contribution in [3.05, 3.63) is 67.7 Å². The molecule has 0 heterocycles. The van der Waals surface area contributed by atoms with Crippen LogP contribution in [0.25, 0.3) is 0 Å². The van der Waals surface area contributed by atoms with Crippen LogP contribution < -0.4 is 0 Å². The zero-order valence-electron chi connectivity index (χ0n) is 9.91. The lowest BCUT2D eigenvalue weighted by atomic mass is 10.0. The molecule has 0 saturated carbocycles. The molecule has 18 heavy (non-hydrogen) atoms. The molecule has 0 bridgehead atoms. The summed E-state index contributed by atoms with van der Waals surface area (Å²) in [5.41, 5.74) is 2.92. The van der Waals surface area contributed by atoms with Gasteiger partial charge in [0, 0.05) is 20.6 Å². The van der Waals surface area contributed by atoms with E-state index in [1.54, 1.807) is 12.1 Å². The molecule has 0 saturated heterocycles. The largest absolute Gasteiger partial charge is 0.294 e. The van der Waals surface area contributed by atoms with Crippen LogP contribution in [0.3, 0.4) is 0 Å². The number of ketones is 1. The third-order valence-electron chi connectivity index (χ3n) is 2.71. The summed E-state index contributed by atoms with van der Waals surface area (Å²) in [4.78, 5) is 12.2. The van der Waals surface area contributed by atoms with Gasteiger partial charge < -0.3 is 0 Å². The molecule has 0 N–H and O–H groups in total. The van der Waals surface area contributed by atoms with Gasteiger partial charge in [-0.05, 0) is 53.3 Å². The van der Waals surface area contributed by atoms with E-state index >= 15 is 0 Å². The van der Waals surface area contributed by atoms with Crippen LogP contribution in [0.15, 0.2) is 42.5 Å². The molecule has 0 amide bonds. The number of hydrogen-bond donors (Lipinski definition) is 0. The summed E-state index contributed by atoms with van der Waals surface area (Å²) in [5.74, 6) is 0.103. The highest BCUT2D eigenvalue weighted by atomic mass is 127. The molecule has 2 aromatic carbocycles. The second kappa shape index (κ2) is 5.85. The maximum Gasteiger partial charge on any atom is 0.168 e. The molecule has 0 aromatic heterocycles. The van der Waals surface area contributed by atoms with Crippen molar-refractivity contribution < 1.29 is 4.79 Å². The Labute approximate surface area is 125 Å². The first-order valence-electron chi connectivity index (χ1n) is 5.60. The Morgan fingerprint density at radius 3 is 2.50 bits per heavy atom. The van der Waals surface area contributed by atoms with Crippen LogP contribution in [0.2, 0.25) is 5.02 Å². The van der Waals surface area contributed by atoms with Gasteiger partial charge >= 0.3 is 0 Å². The molecular weight excluding hydrogens is 359 g/mol. The van der Waals surface area contributed by atoms with Crippen LogP contribution in [0.1, 0.15) is 21.5 Å². The standard InChI is InChI=1S/C15H12ClIO/c1-10-2-4-11(5-3-10)8-15(18)13-9-12(16)6-7-14(13)17/h2-7,9H,8H2,1H3. The first-order valence-corrected chi connectivity index (χ1v) is 7.06. The minimum absolute atomic E-state index is 0.103. The first kappa shape index (κ1) is 13.6. The fourth-order valence-electron chi connectivity index (χ4n) is 1.70. The summed E-state index contributed by atoms with van der Waals surface area (Å²) >= 11 is 8.09. The van der Waals surface area contributed by atoms with Crippen molar-refractivity contribution in [3.8, 4) is 0 Å². The van der Waals surface area contributed by atoms with E-state index in [2.05, 4.69) is 22.6 Å². The van der Waals surface area contributed by atoms with Crippen molar-refractivity contribution in [1.29, 1.82) is 0 Å². The predicted octanol–water partition coefficient (Wildman–Crippen LogP) is 4.68. The van der Waals surface area contributed by atoms with Gasteiger partial charge in [-0.25, -0.2) is 0 Å². The van der Waals surface area contributed by atoms with Crippen molar-refractivity contribution >= 4 is 40.0 Å². The van der Waals surface area contributed by atoms with Gasteiger partial charge in [0.2, 0.25) is 0 Å². The quantitative estimate of drug-likeness (QED) is 0.566. The SMILES string of the molecule is Cc1ccc(CC(=O)c2cc(Cl)ccc2I)cc1. The van der Waals surface area contributed by atoms with E-state index in [4.69, 9.17) is 11.6 Å². The number of carbonyl (C=O) groups excluding carboxylic acids is 1. The summed E-state index contributed by atoms with van der Waals surface area (Å²) in [6.07, 6.45) is 0.413. The molecule has 2 aromatic rings.